The van der Waals surface area contributed by atoms with Crippen LogP contribution in [0.25, 0.3) is 0 Å². The van der Waals surface area contributed by atoms with Crippen molar-refractivity contribution in [3.8, 4) is 6.07 Å². The molecule has 3 N–H and O–H groups in total. The molecule has 0 saturated carbocycles. The molecule has 1 amide bonds. The van der Waals surface area contributed by atoms with E-state index in [-0.39, 0.29) is 18.4 Å². The number of hydrogen-bond acceptors (Lipinski definition) is 4. The first-order chi connectivity index (χ1) is 12.6. The predicted molar refractivity (Wildman–Crippen MR) is 98.3 cm³/mol. The van der Waals surface area contributed by atoms with Crippen LogP contribution in [0.1, 0.15) is 34.4 Å². The van der Waals surface area contributed by atoms with Crippen LogP contribution >= 0.6 is 11.3 Å². The van der Waals surface area contributed by atoms with E-state index in [4.69, 9.17) is 5.11 Å². The van der Waals surface area contributed by atoms with Gasteiger partial charge in [0.1, 0.15) is 11.6 Å². The molecule has 134 valence electrons. The van der Waals surface area contributed by atoms with Gasteiger partial charge in [-0.2, -0.15) is 10.3 Å². The van der Waals surface area contributed by atoms with Crippen molar-refractivity contribution < 1.29 is 20.0 Å². The summed E-state index contributed by atoms with van der Waals surface area (Å²) in [4.78, 5) is 17.9. The summed E-state index contributed by atoms with van der Waals surface area (Å²) in [6.07, 6.45) is 1.41. The maximum atomic E-state index is 12.2. The van der Waals surface area contributed by atoms with E-state index in [2.05, 4.69) is 11.1 Å². The van der Waals surface area contributed by atoms with Gasteiger partial charge in [-0.15, -0.1) is 0 Å². The largest absolute Gasteiger partial charge is 0.459 e. The van der Waals surface area contributed by atoms with Crippen molar-refractivity contribution in [3.63, 3.8) is 0 Å². The van der Waals surface area contributed by atoms with E-state index in [0.717, 1.165) is 10.4 Å². The Bertz CT molecular complexity index is 868. The second-order valence-corrected chi connectivity index (χ2v) is 7.16. The van der Waals surface area contributed by atoms with Crippen LogP contribution < -0.4 is 4.99 Å². The molecule has 3 rings (SSSR count). The van der Waals surface area contributed by atoms with Crippen molar-refractivity contribution in [3.05, 3.63) is 51.9 Å². The molecule has 0 saturated heterocycles. The van der Waals surface area contributed by atoms with Crippen molar-refractivity contribution in [2.75, 3.05) is 13.2 Å². The molecule has 1 aromatic heterocycles. The Morgan fingerprint density at radius 3 is 2.81 bits per heavy atom. The SMILES string of the molecule is N#Cc1c(/[NH+]=C(\O)c2ccccc2)sc2c1CCN(C(=O)CCCO)C2. The molecule has 2 aromatic rings. The van der Waals surface area contributed by atoms with E-state index >= 15 is 0 Å². The first-order valence-corrected chi connectivity index (χ1v) is 9.27. The zero-order valence-electron chi connectivity index (χ0n) is 14.2. The molecule has 0 bridgehead atoms. The first-order valence-electron chi connectivity index (χ1n) is 8.45. The zero-order valence-corrected chi connectivity index (χ0v) is 15.1. The third-order valence-electron chi connectivity index (χ3n) is 4.35. The van der Waals surface area contributed by atoms with Crippen molar-refractivity contribution in [2.24, 2.45) is 0 Å². The zero-order chi connectivity index (χ0) is 18.5. The van der Waals surface area contributed by atoms with E-state index in [1.54, 1.807) is 17.0 Å². The number of fused-ring (bicyclic) bond motifs is 1. The van der Waals surface area contributed by atoms with E-state index in [1.165, 1.54) is 11.3 Å². The number of hydrogen-bond donors (Lipinski definition) is 3. The Kier molecular flexibility index (Phi) is 5.66. The minimum atomic E-state index is -0.00317. The molecule has 0 unspecified atom stereocenters. The lowest BCUT2D eigenvalue weighted by atomic mass is 10.0. The topological polar surface area (TPSA) is 98.5 Å². The van der Waals surface area contributed by atoms with Crippen molar-refractivity contribution in [1.29, 1.82) is 5.26 Å². The average molecular weight is 370 g/mol. The number of nitrogens with zero attached hydrogens (tertiary/aromatic N) is 2. The lowest BCUT2D eigenvalue weighted by Crippen LogP contribution is -2.66. The quantitative estimate of drug-likeness (QED) is 0.540. The molecule has 0 radical (unpaired) electrons. The highest BCUT2D eigenvalue weighted by molar-refractivity contribution is 7.15. The average Bonchev–Trinajstić information content (AvgIpc) is 3.02. The van der Waals surface area contributed by atoms with Gasteiger partial charge in [0.25, 0.3) is 5.00 Å². The summed E-state index contributed by atoms with van der Waals surface area (Å²) in [6, 6.07) is 11.3. The first kappa shape index (κ1) is 18.1. The summed E-state index contributed by atoms with van der Waals surface area (Å²) < 4.78 is 0. The number of nitriles is 1. The summed E-state index contributed by atoms with van der Waals surface area (Å²) in [5.41, 5.74) is 2.13. The van der Waals surface area contributed by atoms with Crippen LogP contribution in [0, 0.1) is 11.3 Å². The Morgan fingerprint density at radius 1 is 1.35 bits per heavy atom. The van der Waals surface area contributed by atoms with E-state index < -0.39 is 0 Å². The van der Waals surface area contributed by atoms with Crippen molar-refractivity contribution >= 4 is 28.1 Å². The van der Waals surface area contributed by atoms with Gasteiger partial charge in [-0.3, -0.25) is 4.79 Å². The van der Waals surface area contributed by atoms with Gasteiger partial charge < -0.3 is 15.1 Å². The summed E-state index contributed by atoms with van der Waals surface area (Å²) in [5, 5.41) is 29.3. The molecular weight excluding hydrogens is 350 g/mol. The fourth-order valence-corrected chi connectivity index (χ4v) is 4.20. The normalized spacial score (nSPS) is 14.0. The second kappa shape index (κ2) is 8.13. The molecule has 26 heavy (non-hydrogen) atoms. The highest BCUT2D eigenvalue weighted by Gasteiger charge is 2.29. The Balaban J connectivity index is 1.86. The standard InChI is InChI=1S/C19H19N3O3S/c20-11-15-14-8-9-22(17(24)7-4-10-23)12-16(14)26-19(15)21-18(25)13-5-2-1-3-6-13/h1-3,5-6,23H,4,7-10,12H2,(H,21,25)/p+1. The van der Waals surface area contributed by atoms with Crippen LogP contribution in [-0.4, -0.2) is 40.1 Å². The molecule has 0 fully saturated rings. The Morgan fingerprint density at radius 2 is 2.12 bits per heavy atom. The molecule has 6 nitrogen and oxygen atoms in total. The lowest BCUT2D eigenvalue weighted by Gasteiger charge is -2.26. The molecule has 0 spiro atoms. The highest BCUT2D eigenvalue weighted by atomic mass is 32.1. The van der Waals surface area contributed by atoms with Crippen LogP contribution in [-0.2, 0) is 17.8 Å². The number of rotatable bonds is 5. The van der Waals surface area contributed by atoms with Crippen LogP contribution in [0.5, 0.6) is 0 Å². The minimum Gasteiger partial charge on any atom is -0.459 e. The molecule has 1 aliphatic rings. The molecule has 7 heteroatoms. The number of nitrogens with one attached hydrogen (secondary N) is 1. The van der Waals surface area contributed by atoms with Gasteiger partial charge in [0.2, 0.25) is 5.91 Å². The number of carbonyl (C=O) groups is 1. The Hall–Kier alpha value is -2.69. The lowest BCUT2D eigenvalue weighted by molar-refractivity contribution is -0.359. The molecule has 2 heterocycles. The number of aliphatic hydroxyl groups is 2. The van der Waals surface area contributed by atoms with Crippen LogP contribution in [0.4, 0.5) is 5.00 Å². The maximum absolute atomic E-state index is 12.2. The van der Waals surface area contributed by atoms with Gasteiger partial charge in [-0.25, -0.2) is 0 Å². The predicted octanol–water partition coefficient (Wildman–Crippen LogP) is 0.994. The van der Waals surface area contributed by atoms with Crippen LogP contribution in [0.2, 0.25) is 0 Å². The summed E-state index contributed by atoms with van der Waals surface area (Å²) in [5.74, 6) is 0.0152. The van der Waals surface area contributed by atoms with Gasteiger partial charge >= 0.3 is 5.90 Å². The molecule has 0 aliphatic carbocycles. The second-order valence-electron chi connectivity index (χ2n) is 6.05. The summed E-state index contributed by atoms with van der Waals surface area (Å²) in [7, 11) is 0. The smallest absolute Gasteiger partial charge is 0.372 e. The monoisotopic (exact) mass is 370 g/mol. The number of carbonyl (C=O) groups excluding carboxylic acids is 1. The third kappa shape index (κ3) is 3.77. The van der Waals surface area contributed by atoms with Crippen molar-refractivity contribution in [2.45, 2.75) is 25.8 Å². The number of thiophene rings is 1. The van der Waals surface area contributed by atoms with Gasteiger partial charge in [0.05, 0.1) is 12.1 Å². The highest BCUT2D eigenvalue weighted by Crippen LogP contribution is 2.34. The molecule has 1 aromatic carbocycles. The third-order valence-corrected chi connectivity index (χ3v) is 5.48. The van der Waals surface area contributed by atoms with E-state index in [0.29, 0.717) is 48.5 Å². The summed E-state index contributed by atoms with van der Waals surface area (Å²) in [6.45, 7) is 1.04. The van der Waals surface area contributed by atoms with Gasteiger partial charge in [0.15, 0.2) is 0 Å². The molecule has 0 atom stereocenters. The molecular formula is C19H20N3O3S+. The van der Waals surface area contributed by atoms with E-state index in [1.807, 2.05) is 18.2 Å². The fourth-order valence-electron chi connectivity index (χ4n) is 2.99. The minimum absolute atomic E-state index is 0.00317. The fraction of sp³-hybridized carbons (Fsp3) is 0.316. The van der Waals surface area contributed by atoms with E-state index in [9.17, 15) is 15.2 Å². The van der Waals surface area contributed by atoms with Gasteiger partial charge in [-0.05, 0) is 30.5 Å². The maximum Gasteiger partial charge on any atom is 0.372 e. The number of benzene rings is 1. The van der Waals surface area contributed by atoms with Crippen LogP contribution in [0.15, 0.2) is 30.3 Å². The van der Waals surface area contributed by atoms with Gasteiger partial charge in [0, 0.05) is 24.4 Å². The number of aliphatic hydroxyl groups excluding tert-OH is 2. The van der Waals surface area contributed by atoms with Crippen molar-refractivity contribution in [1.82, 2.24) is 4.90 Å². The van der Waals surface area contributed by atoms with Gasteiger partial charge in [-0.1, -0.05) is 29.5 Å². The summed E-state index contributed by atoms with van der Waals surface area (Å²) >= 11 is 1.40. The van der Waals surface area contributed by atoms with Crippen LogP contribution in [0.3, 0.4) is 0 Å². The number of amides is 1. The Labute approximate surface area is 155 Å². The molecule has 1 aliphatic heterocycles.